The van der Waals surface area contributed by atoms with Crippen molar-refractivity contribution in [1.29, 1.82) is 0 Å². The molecule has 1 aliphatic rings. The lowest BCUT2D eigenvalue weighted by molar-refractivity contribution is 0.0321. The third-order valence-corrected chi connectivity index (χ3v) is 3.18. The van der Waals surface area contributed by atoms with Gasteiger partial charge in [-0.15, -0.1) is 0 Å². The largest absolute Gasteiger partial charge is 0.491 e. The van der Waals surface area contributed by atoms with E-state index in [0.717, 1.165) is 32.8 Å². The lowest BCUT2D eigenvalue weighted by Gasteiger charge is -2.26. The van der Waals surface area contributed by atoms with Crippen molar-refractivity contribution in [3.05, 3.63) is 23.8 Å². The Morgan fingerprint density at radius 2 is 2.15 bits per heavy atom. The van der Waals surface area contributed by atoms with Gasteiger partial charge in [-0.05, 0) is 12.1 Å². The van der Waals surface area contributed by atoms with Gasteiger partial charge in [-0.1, -0.05) is 0 Å². The van der Waals surface area contributed by atoms with E-state index in [4.69, 9.17) is 19.9 Å². The first-order valence-corrected chi connectivity index (χ1v) is 6.61. The normalized spacial score (nSPS) is 15.8. The number of rotatable bonds is 5. The number of nitrogen functional groups attached to an aromatic ring is 1. The standard InChI is InChI=1S/C14H20N2O4/c1-18-14(17)12-3-2-11(15)10-13(12)20-9-6-16-4-7-19-8-5-16/h2-3,10H,4-9,15H2,1H3. The number of carbonyl (C=O) groups is 1. The number of methoxy groups -OCH3 is 1. The fraction of sp³-hybridized carbons (Fsp3) is 0.500. The molecule has 110 valence electrons. The summed E-state index contributed by atoms with van der Waals surface area (Å²) in [5.41, 5.74) is 6.67. The molecule has 0 spiro atoms. The predicted molar refractivity (Wildman–Crippen MR) is 74.9 cm³/mol. The minimum atomic E-state index is -0.425. The van der Waals surface area contributed by atoms with Gasteiger partial charge in [-0.25, -0.2) is 4.79 Å². The van der Waals surface area contributed by atoms with Gasteiger partial charge in [0, 0.05) is 31.4 Å². The molecule has 2 rings (SSSR count). The first kappa shape index (κ1) is 14.6. The van der Waals surface area contributed by atoms with Crippen LogP contribution in [-0.4, -0.2) is 57.4 Å². The molecule has 1 aliphatic heterocycles. The summed E-state index contributed by atoms with van der Waals surface area (Å²) in [5.74, 6) is 0.0384. The number of benzene rings is 1. The molecule has 1 heterocycles. The zero-order valence-corrected chi connectivity index (χ0v) is 11.6. The van der Waals surface area contributed by atoms with E-state index in [1.807, 2.05) is 0 Å². The molecular weight excluding hydrogens is 260 g/mol. The highest BCUT2D eigenvalue weighted by Gasteiger charge is 2.14. The van der Waals surface area contributed by atoms with Crippen molar-refractivity contribution in [1.82, 2.24) is 4.90 Å². The molecule has 0 aliphatic carbocycles. The molecule has 0 radical (unpaired) electrons. The summed E-state index contributed by atoms with van der Waals surface area (Å²) >= 11 is 0. The molecule has 0 aromatic heterocycles. The van der Waals surface area contributed by atoms with Crippen molar-refractivity contribution in [3.63, 3.8) is 0 Å². The van der Waals surface area contributed by atoms with Crippen LogP contribution in [0.15, 0.2) is 18.2 Å². The number of nitrogens with zero attached hydrogens (tertiary/aromatic N) is 1. The topological polar surface area (TPSA) is 74.0 Å². The number of morpholine rings is 1. The van der Waals surface area contributed by atoms with Gasteiger partial charge in [-0.3, -0.25) is 4.90 Å². The van der Waals surface area contributed by atoms with Crippen LogP contribution in [-0.2, 0) is 9.47 Å². The molecule has 0 bridgehead atoms. The van der Waals surface area contributed by atoms with E-state index in [0.29, 0.717) is 23.6 Å². The molecular formula is C14H20N2O4. The van der Waals surface area contributed by atoms with Crippen LogP contribution in [0.2, 0.25) is 0 Å². The predicted octanol–water partition coefficient (Wildman–Crippen LogP) is 0.766. The minimum Gasteiger partial charge on any atom is -0.491 e. The molecule has 1 aromatic rings. The fourth-order valence-corrected chi connectivity index (χ4v) is 2.05. The van der Waals surface area contributed by atoms with Gasteiger partial charge in [0.15, 0.2) is 0 Å². The van der Waals surface area contributed by atoms with Gasteiger partial charge in [-0.2, -0.15) is 0 Å². The average molecular weight is 280 g/mol. The number of esters is 1. The number of anilines is 1. The van der Waals surface area contributed by atoms with Crippen LogP contribution < -0.4 is 10.5 Å². The number of nitrogens with two attached hydrogens (primary N) is 1. The van der Waals surface area contributed by atoms with Crippen LogP contribution in [0, 0.1) is 0 Å². The van der Waals surface area contributed by atoms with Gasteiger partial charge in [0.05, 0.1) is 20.3 Å². The first-order valence-electron chi connectivity index (χ1n) is 6.61. The second-order valence-corrected chi connectivity index (χ2v) is 4.55. The highest BCUT2D eigenvalue weighted by Crippen LogP contribution is 2.22. The quantitative estimate of drug-likeness (QED) is 0.634. The molecule has 0 saturated carbocycles. The maximum atomic E-state index is 11.6. The zero-order chi connectivity index (χ0) is 14.4. The van der Waals surface area contributed by atoms with Crippen LogP contribution >= 0.6 is 0 Å². The molecule has 2 N–H and O–H groups in total. The first-order chi connectivity index (χ1) is 9.70. The third-order valence-electron chi connectivity index (χ3n) is 3.18. The lowest BCUT2D eigenvalue weighted by atomic mass is 10.2. The van der Waals surface area contributed by atoms with Gasteiger partial charge in [0.2, 0.25) is 0 Å². The lowest BCUT2D eigenvalue weighted by Crippen LogP contribution is -2.38. The summed E-state index contributed by atoms with van der Waals surface area (Å²) in [6.07, 6.45) is 0. The Morgan fingerprint density at radius 1 is 1.40 bits per heavy atom. The average Bonchev–Trinajstić information content (AvgIpc) is 2.48. The van der Waals surface area contributed by atoms with E-state index in [1.54, 1.807) is 18.2 Å². The monoisotopic (exact) mass is 280 g/mol. The van der Waals surface area contributed by atoms with Gasteiger partial charge in [0.1, 0.15) is 17.9 Å². The summed E-state index contributed by atoms with van der Waals surface area (Å²) in [6.45, 7) is 4.61. The minimum absolute atomic E-state index is 0.392. The summed E-state index contributed by atoms with van der Waals surface area (Å²) < 4.78 is 15.7. The van der Waals surface area contributed by atoms with Crippen LogP contribution in [0.4, 0.5) is 5.69 Å². The number of hydrogen-bond acceptors (Lipinski definition) is 6. The van der Waals surface area contributed by atoms with Crippen LogP contribution in [0.25, 0.3) is 0 Å². The maximum absolute atomic E-state index is 11.6. The highest BCUT2D eigenvalue weighted by atomic mass is 16.5. The van der Waals surface area contributed by atoms with E-state index in [2.05, 4.69) is 4.90 Å². The fourth-order valence-electron chi connectivity index (χ4n) is 2.05. The third kappa shape index (κ3) is 3.85. The Balaban J connectivity index is 1.93. The second kappa shape index (κ2) is 7.12. The highest BCUT2D eigenvalue weighted by molar-refractivity contribution is 5.93. The Morgan fingerprint density at radius 3 is 2.85 bits per heavy atom. The maximum Gasteiger partial charge on any atom is 0.341 e. The van der Waals surface area contributed by atoms with E-state index >= 15 is 0 Å². The molecule has 20 heavy (non-hydrogen) atoms. The molecule has 0 amide bonds. The molecule has 6 heteroatoms. The summed E-state index contributed by atoms with van der Waals surface area (Å²) in [4.78, 5) is 13.9. The van der Waals surface area contributed by atoms with E-state index in [1.165, 1.54) is 7.11 Å². The van der Waals surface area contributed by atoms with Gasteiger partial charge < -0.3 is 19.9 Å². The Labute approximate surface area is 118 Å². The van der Waals surface area contributed by atoms with Gasteiger partial charge >= 0.3 is 5.97 Å². The van der Waals surface area contributed by atoms with Crippen molar-refractivity contribution in [2.45, 2.75) is 0 Å². The van der Waals surface area contributed by atoms with Crippen molar-refractivity contribution in [2.24, 2.45) is 0 Å². The van der Waals surface area contributed by atoms with Crippen LogP contribution in [0.1, 0.15) is 10.4 Å². The van der Waals surface area contributed by atoms with Crippen molar-refractivity contribution < 1.29 is 19.0 Å². The molecule has 1 aromatic carbocycles. The van der Waals surface area contributed by atoms with Crippen molar-refractivity contribution in [3.8, 4) is 5.75 Å². The van der Waals surface area contributed by atoms with Crippen molar-refractivity contribution in [2.75, 3.05) is 52.3 Å². The van der Waals surface area contributed by atoms with E-state index in [-0.39, 0.29) is 0 Å². The van der Waals surface area contributed by atoms with Crippen LogP contribution in [0.3, 0.4) is 0 Å². The Kier molecular flexibility index (Phi) is 5.20. The number of hydrogen-bond donors (Lipinski definition) is 1. The summed E-state index contributed by atoms with van der Waals surface area (Å²) in [6, 6.07) is 4.91. The molecule has 1 saturated heterocycles. The smallest absolute Gasteiger partial charge is 0.341 e. The van der Waals surface area contributed by atoms with E-state index < -0.39 is 5.97 Å². The van der Waals surface area contributed by atoms with E-state index in [9.17, 15) is 4.79 Å². The summed E-state index contributed by atoms with van der Waals surface area (Å²) in [5, 5.41) is 0. The second-order valence-electron chi connectivity index (χ2n) is 4.55. The summed E-state index contributed by atoms with van der Waals surface area (Å²) in [7, 11) is 1.34. The molecule has 0 unspecified atom stereocenters. The number of ether oxygens (including phenoxy) is 3. The molecule has 1 fully saturated rings. The Bertz CT molecular complexity index is 458. The Hall–Kier alpha value is -1.79. The molecule has 6 nitrogen and oxygen atoms in total. The zero-order valence-electron chi connectivity index (χ0n) is 11.6. The van der Waals surface area contributed by atoms with Gasteiger partial charge in [0.25, 0.3) is 0 Å². The number of carbonyl (C=O) groups excluding carboxylic acids is 1. The SMILES string of the molecule is COC(=O)c1ccc(N)cc1OCCN1CCOCC1. The van der Waals surface area contributed by atoms with Crippen molar-refractivity contribution >= 4 is 11.7 Å². The van der Waals surface area contributed by atoms with Crippen LogP contribution in [0.5, 0.6) is 5.75 Å². The molecule has 0 atom stereocenters.